The van der Waals surface area contributed by atoms with Crippen LogP contribution in [0.25, 0.3) is 0 Å². The molecule has 0 aliphatic heterocycles. The Balaban J connectivity index is 2.11. The first-order chi connectivity index (χ1) is 11.0. The minimum atomic E-state index is -0.332. The van der Waals surface area contributed by atoms with E-state index in [2.05, 4.69) is 15.0 Å². The fourth-order valence-corrected chi connectivity index (χ4v) is 2.15. The highest BCUT2D eigenvalue weighted by Crippen LogP contribution is 2.14. The molecule has 2 rings (SSSR count). The quantitative estimate of drug-likeness (QED) is 0.879. The average molecular weight is 336 g/mol. The number of aromatic nitrogens is 1. The molecule has 0 radical (unpaired) electrons. The van der Waals surface area contributed by atoms with Gasteiger partial charge in [-0.25, -0.2) is 0 Å². The molecule has 0 saturated carbocycles. The van der Waals surface area contributed by atoms with Crippen LogP contribution in [0, 0.1) is 0 Å². The maximum Gasteiger partial charge on any atom is 0.254 e. The van der Waals surface area contributed by atoms with Crippen LogP contribution in [0.3, 0.4) is 0 Å². The summed E-state index contributed by atoms with van der Waals surface area (Å²) in [6.45, 7) is 3.79. The van der Waals surface area contributed by atoms with Crippen molar-refractivity contribution in [2.75, 3.05) is 11.9 Å². The van der Waals surface area contributed by atoms with Crippen molar-refractivity contribution in [3.05, 3.63) is 47.2 Å². The fraction of sp³-hybridized carbons (Fsp3) is 0.312. The van der Waals surface area contributed by atoms with Crippen molar-refractivity contribution in [3.63, 3.8) is 0 Å². The minimum absolute atomic E-state index is 0.0661. The van der Waals surface area contributed by atoms with Crippen LogP contribution in [-0.2, 0) is 4.79 Å². The summed E-state index contributed by atoms with van der Waals surface area (Å²) in [6, 6.07) is 8.05. The lowest BCUT2D eigenvalue weighted by Gasteiger charge is -2.28. The van der Waals surface area contributed by atoms with Crippen molar-refractivity contribution in [2.24, 2.45) is 0 Å². The van der Waals surface area contributed by atoms with Gasteiger partial charge in [-0.1, -0.05) is 23.7 Å². The molecular weight excluding hydrogens is 318 g/mol. The second-order valence-electron chi connectivity index (χ2n) is 5.13. The van der Waals surface area contributed by atoms with Crippen LogP contribution in [-0.4, -0.2) is 34.5 Å². The molecule has 7 heteroatoms. The molecule has 0 bridgehead atoms. The zero-order valence-electron chi connectivity index (χ0n) is 13.0. The number of anilines is 1. The summed E-state index contributed by atoms with van der Waals surface area (Å²) in [5, 5.41) is 6.76. The predicted octanol–water partition coefficient (Wildman–Crippen LogP) is 3.21. The summed E-state index contributed by atoms with van der Waals surface area (Å²) in [4.78, 5) is 26.3. The Kier molecular flexibility index (Phi) is 5.76. The Bertz CT molecular complexity index is 656. The summed E-state index contributed by atoms with van der Waals surface area (Å²) in [7, 11) is 0. The van der Waals surface area contributed by atoms with E-state index in [0.29, 0.717) is 16.4 Å². The Morgan fingerprint density at radius 1 is 1.30 bits per heavy atom. The zero-order valence-corrected chi connectivity index (χ0v) is 13.7. The van der Waals surface area contributed by atoms with E-state index in [-0.39, 0.29) is 24.4 Å². The van der Waals surface area contributed by atoms with Gasteiger partial charge >= 0.3 is 0 Å². The number of nitrogens with zero attached hydrogens (tertiary/aromatic N) is 2. The number of halogens is 1. The molecule has 2 amide bonds. The van der Waals surface area contributed by atoms with Crippen LogP contribution in [0.4, 0.5) is 5.82 Å². The third kappa shape index (κ3) is 4.56. The van der Waals surface area contributed by atoms with Crippen LogP contribution >= 0.6 is 11.6 Å². The summed E-state index contributed by atoms with van der Waals surface area (Å²) < 4.78 is 4.66. The first-order valence-corrected chi connectivity index (χ1v) is 7.65. The summed E-state index contributed by atoms with van der Waals surface area (Å²) >= 11 is 5.84. The molecular formula is C16H18ClN3O3. The van der Waals surface area contributed by atoms with Gasteiger partial charge < -0.3 is 14.7 Å². The Labute approximate surface area is 139 Å². The number of nitrogens with one attached hydrogen (secondary N) is 1. The molecule has 0 aliphatic rings. The number of hydrogen-bond donors (Lipinski definition) is 1. The predicted molar refractivity (Wildman–Crippen MR) is 87.4 cm³/mol. The van der Waals surface area contributed by atoms with Gasteiger partial charge in [-0.15, -0.1) is 0 Å². The zero-order chi connectivity index (χ0) is 16.8. The van der Waals surface area contributed by atoms with Crippen molar-refractivity contribution >= 4 is 29.2 Å². The molecule has 1 N–H and O–H groups in total. The van der Waals surface area contributed by atoms with Crippen molar-refractivity contribution in [2.45, 2.75) is 26.3 Å². The Morgan fingerprint density at radius 3 is 2.57 bits per heavy atom. The molecule has 1 aromatic carbocycles. The highest BCUT2D eigenvalue weighted by atomic mass is 35.5. The van der Waals surface area contributed by atoms with Gasteiger partial charge in [-0.05, 0) is 37.6 Å². The van der Waals surface area contributed by atoms with Gasteiger partial charge in [-0.3, -0.25) is 9.59 Å². The van der Waals surface area contributed by atoms with Crippen LogP contribution in [0.2, 0.25) is 5.02 Å². The molecule has 1 heterocycles. The van der Waals surface area contributed by atoms with Gasteiger partial charge in [0.15, 0.2) is 5.82 Å². The third-order valence-electron chi connectivity index (χ3n) is 3.49. The van der Waals surface area contributed by atoms with Crippen molar-refractivity contribution in [1.29, 1.82) is 0 Å². The van der Waals surface area contributed by atoms with Crippen LogP contribution in [0.5, 0.6) is 0 Å². The molecule has 23 heavy (non-hydrogen) atoms. The van der Waals surface area contributed by atoms with E-state index >= 15 is 0 Å². The van der Waals surface area contributed by atoms with E-state index in [1.807, 2.05) is 13.8 Å². The lowest BCUT2D eigenvalue weighted by atomic mass is 10.1. The molecule has 0 aliphatic carbocycles. The number of carbonyl (C=O) groups excluding carboxylic acids is 2. The second-order valence-corrected chi connectivity index (χ2v) is 5.57. The van der Waals surface area contributed by atoms with Gasteiger partial charge in [0.1, 0.15) is 12.8 Å². The van der Waals surface area contributed by atoms with Gasteiger partial charge in [0.2, 0.25) is 5.91 Å². The fourth-order valence-electron chi connectivity index (χ4n) is 2.02. The van der Waals surface area contributed by atoms with Crippen LogP contribution < -0.4 is 5.32 Å². The van der Waals surface area contributed by atoms with E-state index in [0.717, 1.165) is 6.42 Å². The van der Waals surface area contributed by atoms with Crippen molar-refractivity contribution in [1.82, 2.24) is 10.1 Å². The smallest absolute Gasteiger partial charge is 0.254 e. The number of carbonyl (C=O) groups is 2. The second kappa shape index (κ2) is 7.78. The molecule has 0 spiro atoms. The molecule has 0 unspecified atom stereocenters. The van der Waals surface area contributed by atoms with Gasteiger partial charge in [-0.2, -0.15) is 0 Å². The minimum Gasteiger partial charge on any atom is -0.363 e. The molecule has 6 nitrogen and oxygen atoms in total. The first-order valence-electron chi connectivity index (χ1n) is 7.28. The highest BCUT2D eigenvalue weighted by molar-refractivity contribution is 6.30. The maximum atomic E-state index is 12.7. The Morgan fingerprint density at radius 2 is 2.00 bits per heavy atom. The summed E-state index contributed by atoms with van der Waals surface area (Å²) in [5.74, 6) is -0.231. The summed E-state index contributed by atoms with van der Waals surface area (Å²) in [5.41, 5.74) is 0.490. The molecule has 1 atom stereocenters. The lowest BCUT2D eigenvalue weighted by molar-refractivity contribution is -0.117. The standard InChI is InChI=1S/C16H18ClN3O3/c1-3-11(2)20(10-15(21)18-14-8-9-23-19-14)16(22)12-4-6-13(17)7-5-12/h4-9,11H,3,10H2,1-2H3,(H,18,19,21)/t11-/m0/s1. The molecule has 0 fully saturated rings. The average Bonchev–Trinajstić information content (AvgIpc) is 3.05. The van der Waals surface area contributed by atoms with Gasteiger partial charge in [0.25, 0.3) is 5.91 Å². The van der Waals surface area contributed by atoms with Crippen LogP contribution in [0.15, 0.2) is 41.1 Å². The van der Waals surface area contributed by atoms with Gasteiger partial charge in [0.05, 0.1) is 0 Å². The number of amides is 2. The number of benzene rings is 1. The van der Waals surface area contributed by atoms with Crippen molar-refractivity contribution in [3.8, 4) is 0 Å². The largest absolute Gasteiger partial charge is 0.363 e. The third-order valence-corrected chi connectivity index (χ3v) is 3.75. The number of rotatable bonds is 6. The summed E-state index contributed by atoms with van der Waals surface area (Å²) in [6.07, 6.45) is 2.09. The number of hydrogen-bond acceptors (Lipinski definition) is 4. The molecule has 122 valence electrons. The monoisotopic (exact) mass is 335 g/mol. The Hall–Kier alpha value is -2.34. The first kappa shape index (κ1) is 17.0. The van der Waals surface area contributed by atoms with E-state index in [1.165, 1.54) is 17.2 Å². The van der Waals surface area contributed by atoms with E-state index < -0.39 is 0 Å². The molecule has 1 aromatic heterocycles. The maximum absolute atomic E-state index is 12.7. The van der Waals surface area contributed by atoms with E-state index in [9.17, 15) is 9.59 Å². The van der Waals surface area contributed by atoms with E-state index in [1.54, 1.807) is 24.3 Å². The van der Waals surface area contributed by atoms with E-state index in [4.69, 9.17) is 11.6 Å². The normalized spacial score (nSPS) is 11.8. The van der Waals surface area contributed by atoms with Crippen LogP contribution in [0.1, 0.15) is 30.6 Å². The SMILES string of the molecule is CC[C@H](C)N(CC(=O)Nc1ccon1)C(=O)c1ccc(Cl)cc1. The molecule has 0 saturated heterocycles. The molecule has 2 aromatic rings. The highest BCUT2D eigenvalue weighted by Gasteiger charge is 2.23. The van der Waals surface area contributed by atoms with Crippen molar-refractivity contribution < 1.29 is 14.1 Å². The lowest BCUT2D eigenvalue weighted by Crippen LogP contribution is -2.43. The topological polar surface area (TPSA) is 75.4 Å². The van der Waals surface area contributed by atoms with Gasteiger partial charge in [0, 0.05) is 22.7 Å².